The van der Waals surface area contributed by atoms with Gasteiger partial charge >= 0.3 is 0 Å². The molecule has 0 amide bonds. The normalized spacial score (nSPS) is 23.9. The Morgan fingerprint density at radius 3 is 2.12 bits per heavy atom. The second-order valence-corrected chi connectivity index (χ2v) is 3.59. The van der Waals surface area contributed by atoms with Crippen molar-refractivity contribution in [3.8, 4) is 0 Å². The Balaban J connectivity index is 0.000000673. The molecule has 1 unspecified atom stereocenters. The van der Waals surface area contributed by atoms with E-state index in [4.69, 9.17) is 0 Å². The van der Waals surface area contributed by atoms with Crippen LogP contribution in [0.25, 0.3) is 0 Å². The van der Waals surface area contributed by atoms with Gasteiger partial charge < -0.3 is 4.74 Å². The molecule has 0 saturated heterocycles. The average Bonchev–Trinajstić information content (AvgIpc) is 2.43. The minimum atomic E-state index is 0.519. The van der Waals surface area contributed by atoms with Crippen molar-refractivity contribution in [3.05, 3.63) is 60.3 Å². The Bertz CT molecular complexity index is 316. The second-order valence-electron chi connectivity index (χ2n) is 3.59. The van der Waals surface area contributed by atoms with E-state index < -0.39 is 0 Å². The highest BCUT2D eigenvalue weighted by Gasteiger charge is 2.01. The fraction of sp³-hybridized carbons (Fsp3) is 0.333. The molecular weight excluding hydrogens is 196 g/mol. The largest absolute Gasteiger partial charge is 0.388 e. The Labute approximate surface area is 99.5 Å². The lowest BCUT2D eigenvalue weighted by Gasteiger charge is -1.99. The first-order valence-electron chi connectivity index (χ1n) is 5.45. The SMILES string of the molecule is C=C/C=C1/C=CC(C)C=C/C1=C/C.COC. The Morgan fingerprint density at radius 1 is 1.19 bits per heavy atom. The lowest BCUT2D eigenvalue weighted by molar-refractivity contribution is 0.277. The van der Waals surface area contributed by atoms with Gasteiger partial charge in [-0.15, -0.1) is 0 Å². The summed E-state index contributed by atoms with van der Waals surface area (Å²) in [5.41, 5.74) is 2.50. The Kier molecular flexibility index (Phi) is 8.18. The Morgan fingerprint density at radius 2 is 1.69 bits per heavy atom. The van der Waals surface area contributed by atoms with Crippen LogP contribution < -0.4 is 0 Å². The number of rotatable bonds is 1. The first-order chi connectivity index (χ1) is 7.69. The summed E-state index contributed by atoms with van der Waals surface area (Å²) in [6.45, 7) is 7.95. The number of methoxy groups -OCH3 is 1. The van der Waals surface area contributed by atoms with Crippen LogP contribution in [0.4, 0.5) is 0 Å². The van der Waals surface area contributed by atoms with Crippen molar-refractivity contribution < 1.29 is 4.74 Å². The summed E-state index contributed by atoms with van der Waals surface area (Å²) in [6.07, 6.45) is 14.7. The van der Waals surface area contributed by atoms with Gasteiger partial charge in [0.1, 0.15) is 0 Å². The van der Waals surface area contributed by atoms with Crippen LogP contribution in [0.15, 0.2) is 60.3 Å². The fourth-order valence-electron chi connectivity index (χ4n) is 1.31. The zero-order chi connectivity index (χ0) is 12.4. The monoisotopic (exact) mass is 218 g/mol. The van der Waals surface area contributed by atoms with E-state index in [0.29, 0.717) is 5.92 Å². The maximum absolute atomic E-state index is 4.25. The van der Waals surface area contributed by atoms with E-state index in [0.717, 1.165) is 0 Å². The molecule has 0 bridgehead atoms. The van der Waals surface area contributed by atoms with Crippen LogP contribution in [0.2, 0.25) is 0 Å². The second kappa shape index (κ2) is 8.93. The van der Waals surface area contributed by atoms with Crippen molar-refractivity contribution in [3.63, 3.8) is 0 Å². The molecule has 88 valence electrons. The molecule has 0 N–H and O–H groups in total. The molecule has 0 fully saturated rings. The molecule has 0 aromatic carbocycles. The standard InChI is InChI=1S/C13H16.C2H6O/c1-4-6-13-10-8-11(3)7-9-12(13)5-2;1-3-2/h4-11H,1H2,2-3H3;1-2H3/b12-5-,13-6-;. The lowest BCUT2D eigenvalue weighted by Crippen LogP contribution is -1.79. The topological polar surface area (TPSA) is 9.23 Å². The van der Waals surface area contributed by atoms with Gasteiger partial charge in [0.15, 0.2) is 0 Å². The minimum Gasteiger partial charge on any atom is -0.388 e. The van der Waals surface area contributed by atoms with Crippen LogP contribution in [-0.2, 0) is 4.74 Å². The van der Waals surface area contributed by atoms with Crippen LogP contribution in [-0.4, -0.2) is 14.2 Å². The van der Waals surface area contributed by atoms with Gasteiger partial charge in [0.25, 0.3) is 0 Å². The van der Waals surface area contributed by atoms with Crippen molar-refractivity contribution >= 4 is 0 Å². The zero-order valence-electron chi connectivity index (χ0n) is 10.7. The molecule has 0 heterocycles. The van der Waals surface area contributed by atoms with Crippen molar-refractivity contribution in [1.29, 1.82) is 0 Å². The molecule has 1 rings (SSSR count). The zero-order valence-corrected chi connectivity index (χ0v) is 10.7. The average molecular weight is 218 g/mol. The van der Waals surface area contributed by atoms with Gasteiger partial charge in [0.05, 0.1) is 0 Å². The van der Waals surface area contributed by atoms with Gasteiger partial charge in [-0.05, 0) is 24.0 Å². The molecule has 1 heteroatoms. The molecule has 16 heavy (non-hydrogen) atoms. The summed E-state index contributed by atoms with van der Waals surface area (Å²) in [5.74, 6) is 0.519. The first kappa shape index (κ1) is 14.7. The molecule has 1 atom stereocenters. The predicted octanol–water partition coefficient (Wildman–Crippen LogP) is 4.07. The summed E-state index contributed by atoms with van der Waals surface area (Å²) in [4.78, 5) is 0. The third-order valence-electron chi connectivity index (χ3n) is 2.10. The van der Waals surface area contributed by atoms with Crippen molar-refractivity contribution in [2.75, 3.05) is 14.2 Å². The summed E-state index contributed by atoms with van der Waals surface area (Å²) < 4.78 is 4.25. The highest BCUT2D eigenvalue weighted by molar-refractivity contribution is 5.49. The number of ether oxygens (including phenoxy) is 1. The third kappa shape index (κ3) is 5.52. The smallest absolute Gasteiger partial charge is 0.0351 e. The van der Waals surface area contributed by atoms with E-state index in [1.807, 2.05) is 12.2 Å². The Hall–Kier alpha value is -1.34. The van der Waals surface area contributed by atoms with Crippen molar-refractivity contribution in [2.24, 2.45) is 5.92 Å². The molecule has 1 nitrogen and oxygen atoms in total. The number of hydrogen-bond acceptors (Lipinski definition) is 1. The molecule has 0 aliphatic heterocycles. The summed E-state index contributed by atoms with van der Waals surface area (Å²) in [7, 11) is 3.25. The lowest BCUT2D eigenvalue weighted by atomic mass is 10.1. The van der Waals surface area contributed by atoms with Crippen LogP contribution in [0, 0.1) is 5.92 Å². The maximum Gasteiger partial charge on any atom is 0.0351 e. The van der Waals surface area contributed by atoms with Crippen LogP contribution in [0.1, 0.15) is 13.8 Å². The summed E-state index contributed by atoms with van der Waals surface area (Å²) in [6, 6.07) is 0. The van der Waals surface area contributed by atoms with Gasteiger partial charge in [0, 0.05) is 14.2 Å². The summed E-state index contributed by atoms with van der Waals surface area (Å²) in [5, 5.41) is 0. The molecule has 1 aliphatic carbocycles. The molecule has 0 radical (unpaired) electrons. The number of allylic oxidation sites excluding steroid dienone is 9. The fourth-order valence-corrected chi connectivity index (χ4v) is 1.31. The highest BCUT2D eigenvalue weighted by Crippen LogP contribution is 2.19. The van der Waals surface area contributed by atoms with E-state index in [9.17, 15) is 0 Å². The highest BCUT2D eigenvalue weighted by atomic mass is 16.4. The van der Waals surface area contributed by atoms with Crippen LogP contribution >= 0.6 is 0 Å². The predicted molar refractivity (Wildman–Crippen MR) is 72.4 cm³/mol. The van der Waals surface area contributed by atoms with E-state index >= 15 is 0 Å². The summed E-state index contributed by atoms with van der Waals surface area (Å²) >= 11 is 0. The van der Waals surface area contributed by atoms with Gasteiger partial charge in [-0.3, -0.25) is 0 Å². The molecular formula is C15H22O. The first-order valence-corrected chi connectivity index (χ1v) is 5.45. The van der Waals surface area contributed by atoms with Gasteiger partial charge in [0.2, 0.25) is 0 Å². The van der Waals surface area contributed by atoms with Crippen LogP contribution in [0.5, 0.6) is 0 Å². The van der Waals surface area contributed by atoms with Gasteiger partial charge in [-0.2, -0.15) is 0 Å². The van der Waals surface area contributed by atoms with E-state index in [-0.39, 0.29) is 0 Å². The quantitative estimate of drug-likeness (QED) is 0.644. The van der Waals surface area contributed by atoms with E-state index in [1.54, 1.807) is 14.2 Å². The van der Waals surface area contributed by atoms with Gasteiger partial charge in [-0.1, -0.05) is 56.0 Å². The third-order valence-corrected chi connectivity index (χ3v) is 2.10. The van der Waals surface area contributed by atoms with E-state index in [1.165, 1.54) is 11.1 Å². The number of hydrogen-bond donors (Lipinski definition) is 0. The van der Waals surface area contributed by atoms with Crippen molar-refractivity contribution in [1.82, 2.24) is 0 Å². The van der Waals surface area contributed by atoms with E-state index in [2.05, 4.69) is 55.5 Å². The molecule has 0 spiro atoms. The van der Waals surface area contributed by atoms with Gasteiger partial charge in [-0.25, -0.2) is 0 Å². The molecule has 0 aromatic rings. The molecule has 0 aromatic heterocycles. The van der Waals surface area contributed by atoms with Crippen molar-refractivity contribution in [2.45, 2.75) is 13.8 Å². The van der Waals surface area contributed by atoms with Crippen LogP contribution in [0.3, 0.4) is 0 Å². The molecule has 1 aliphatic rings. The maximum atomic E-state index is 4.25. The molecule has 0 saturated carbocycles. The minimum absolute atomic E-state index is 0.519.